The maximum atomic E-state index is 11.9. The highest BCUT2D eigenvalue weighted by Gasteiger charge is 2.12. The second-order valence-corrected chi connectivity index (χ2v) is 5.74. The van der Waals surface area contributed by atoms with Crippen LogP contribution in [0.1, 0.15) is 11.1 Å². The molecular weight excluding hydrogens is 356 g/mol. The number of aromatic nitrogens is 1. The van der Waals surface area contributed by atoms with Crippen molar-refractivity contribution in [1.29, 1.82) is 0 Å². The zero-order chi connectivity index (χ0) is 19.6. The normalized spacial score (nSPS) is 10.4. The minimum atomic E-state index is -0.871. The lowest BCUT2D eigenvalue weighted by molar-refractivity contribution is -0.136. The van der Waals surface area contributed by atoms with E-state index in [1.807, 2.05) is 30.3 Å². The first kappa shape index (κ1) is 18.8. The van der Waals surface area contributed by atoms with Gasteiger partial charge in [-0.25, -0.2) is 5.43 Å². The quantitative estimate of drug-likeness (QED) is 0.394. The molecule has 0 radical (unpaired) electrons. The standard InChI is InChI=1S/C21H18N4O3/c26-20(21(27)25-23-14-17-7-4-12-22-13-17)24-18-8-10-19(11-9-18)28-15-16-5-2-1-3-6-16/h1-14H,15H2,(H,24,26)(H,25,27)/b23-14-. The number of amides is 2. The molecule has 3 rings (SSSR count). The molecule has 7 nitrogen and oxygen atoms in total. The van der Waals surface area contributed by atoms with Crippen LogP contribution >= 0.6 is 0 Å². The van der Waals surface area contributed by atoms with Crippen LogP contribution in [0.5, 0.6) is 5.75 Å². The monoisotopic (exact) mass is 374 g/mol. The van der Waals surface area contributed by atoms with E-state index < -0.39 is 11.8 Å². The first-order valence-corrected chi connectivity index (χ1v) is 8.52. The molecule has 1 aromatic heterocycles. The lowest BCUT2D eigenvalue weighted by atomic mass is 10.2. The SMILES string of the molecule is O=C(N/N=C\c1cccnc1)C(=O)Nc1ccc(OCc2ccccc2)cc1. The highest BCUT2D eigenvalue weighted by Crippen LogP contribution is 2.17. The predicted octanol–water partition coefficient (Wildman–Crippen LogP) is 2.75. The Kier molecular flexibility index (Phi) is 6.46. The van der Waals surface area contributed by atoms with Gasteiger partial charge in [-0.05, 0) is 35.9 Å². The highest BCUT2D eigenvalue weighted by molar-refractivity contribution is 6.39. The third-order valence-corrected chi connectivity index (χ3v) is 3.63. The number of carbonyl (C=O) groups is 2. The molecule has 28 heavy (non-hydrogen) atoms. The second-order valence-electron chi connectivity index (χ2n) is 5.74. The van der Waals surface area contributed by atoms with Gasteiger partial charge in [0.1, 0.15) is 12.4 Å². The van der Waals surface area contributed by atoms with E-state index >= 15 is 0 Å². The van der Waals surface area contributed by atoms with E-state index in [4.69, 9.17) is 4.74 Å². The largest absolute Gasteiger partial charge is 0.489 e. The minimum absolute atomic E-state index is 0.448. The van der Waals surface area contributed by atoms with Crippen LogP contribution in [0.3, 0.4) is 0 Å². The van der Waals surface area contributed by atoms with Gasteiger partial charge in [-0.1, -0.05) is 36.4 Å². The summed E-state index contributed by atoms with van der Waals surface area (Å²) >= 11 is 0. The van der Waals surface area contributed by atoms with Gasteiger partial charge in [-0.3, -0.25) is 14.6 Å². The van der Waals surface area contributed by atoms with Gasteiger partial charge in [-0.2, -0.15) is 5.10 Å². The molecule has 0 spiro atoms. The maximum Gasteiger partial charge on any atom is 0.329 e. The van der Waals surface area contributed by atoms with Crippen molar-refractivity contribution in [2.75, 3.05) is 5.32 Å². The lowest BCUT2D eigenvalue weighted by Crippen LogP contribution is -2.32. The second kappa shape index (κ2) is 9.63. The molecule has 2 aromatic carbocycles. The van der Waals surface area contributed by atoms with E-state index in [9.17, 15) is 9.59 Å². The van der Waals surface area contributed by atoms with Gasteiger partial charge in [-0.15, -0.1) is 0 Å². The van der Waals surface area contributed by atoms with Crippen LogP contribution in [0.2, 0.25) is 0 Å². The van der Waals surface area contributed by atoms with Crippen molar-refractivity contribution in [1.82, 2.24) is 10.4 Å². The number of anilines is 1. The van der Waals surface area contributed by atoms with E-state index in [1.54, 1.807) is 48.8 Å². The van der Waals surface area contributed by atoms with E-state index in [2.05, 4.69) is 20.8 Å². The van der Waals surface area contributed by atoms with Crippen LogP contribution < -0.4 is 15.5 Å². The minimum Gasteiger partial charge on any atom is -0.489 e. The molecule has 0 saturated heterocycles. The van der Waals surface area contributed by atoms with E-state index in [0.29, 0.717) is 23.6 Å². The molecule has 0 unspecified atom stereocenters. The summed E-state index contributed by atoms with van der Waals surface area (Å²) in [5.74, 6) is -1.03. The number of nitrogens with one attached hydrogen (secondary N) is 2. The molecule has 140 valence electrons. The summed E-state index contributed by atoms with van der Waals surface area (Å²) in [4.78, 5) is 27.6. The van der Waals surface area contributed by atoms with Crippen molar-refractivity contribution in [2.24, 2.45) is 5.10 Å². The topological polar surface area (TPSA) is 92.7 Å². The summed E-state index contributed by atoms with van der Waals surface area (Å²) in [6.07, 6.45) is 4.61. The summed E-state index contributed by atoms with van der Waals surface area (Å²) in [7, 11) is 0. The van der Waals surface area contributed by atoms with Crippen molar-refractivity contribution < 1.29 is 14.3 Å². The first-order chi connectivity index (χ1) is 13.7. The average Bonchev–Trinajstić information content (AvgIpc) is 2.74. The molecule has 0 atom stereocenters. The molecule has 3 aromatic rings. The van der Waals surface area contributed by atoms with Crippen molar-refractivity contribution in [3.8, 4) is 5.75 Å². The zero-order valence-corrected chi connectivity index (χ0v) is 14.9. The molecule has 1 heterocycles. The number of pyridine rings is 1. The summed E-state index contributed by atoms with van der Waals surface area (Å²) in [6, 6.07) is 20.1. The molecule has 0 aliphatic rings. The molecule has 0 bridgehead atoms. The molecule has 7 heteroatoms. The van der Waals surface area contributed by atoms with Crippen LogP contribution in [0.25, 0.3) is 0 Å². The van der Waals surface area contributed by atoms with Crippen molar-refractivity contribution >= 4 is 23.7 Å². The van der Waals surface area contributed by atoms with Gasteiger partial charge in [0.25, 0.3) is 0 Å². The summed E-state index contributed by atoms with van der Waals surface area (Å²) in [6.45, 7) is 0.448. The van der Waals surface area contributed by atoms with Crippen LogP contribution in [0.4, 0.5) is 5.69 Å². The third kappa shape index (κ3) is 5.77. The van der Waals surface area contributed by atoms with Crippen molar-refractivity contribution in [3.63, 3.8) is 0 Å². The number of nitrogens with zero attached hydrogens (tertiary/aromatic N) is 2. The molecular formula is C21H18N4O3. The fraction of sp³-hybridized carbons (Fsp3) is 0.0476. The molecule has 0 aliphatic heterocycles. The number of hydrazone groups is 1. The third-order valence-electron chi connectivity index (χ3n) is 3.63. The van der Waals surface area contributed by atoms with Crippen LogP contribution in [0, 0.1) is 0 Å². The fourth-order valence-corrected chi connectivity index (χ4v) is 2.23. The van der Waals surface area contributed by atoms with Gasteiger partial charge >= 0.3 is 11.8 Å². The number of benzene rings is 2. The Morgan fingerprint density at radius 2 is 1.75 bits per heavy atom. The average molecular weight is 374 g/mol. The Morgan fingerprint density at radius 1 is 0.964 bits per heavy atom. The predicted molar refractivity (Wildman–Crippen MR) is 106 cm³/mol. The Labute approximate surface area is 162 Å². The summed E-state index contributed by atoms with van der Waals surface area (Å²) in [5, 5.41) is 6.22. The first-order valence-electron chi connectivity index (χ1n) is 8.52. The smallest absolute Gasteiger partial charge is 0.329 e. The van der Waals surface area contributed by atoms with Gasteiger partial charge in [0.05, 0.1) is 6.21 Å². The number of carbonyl (C=O) groups excluding carboxylic acids is 2. The van der Waals surface area contributed by atoms with E-state index in [-0.39, 0.29) is 0 Å². The Balaban J connectivity index is 1.47. The Bertz CT molecular complexity index is 942. The number of hydrogen-bond donors (Lipinski definition) is 2. The van der Waals surface area contributed by atoms with E-state index in [1.165, 1.54) is 6.21 Å². The van der Waals surface area contributed by atoms with Crippen LogP contribution in [-0.4, -0.2) is 23.0 Å². The maximum absolute atomic E-state index is 11.9. The van der Waals surface area contributed by atoms with Gasteiger partial charge < -0.3 is 10.1 Å². The Hall–Kier alpha value is -4.00. The van der Waals surface area contributed by atoms with Gasteiger partial charge in [0, 0.05) is 23.6 Å². The highest BCUT2D eigenvalue weighted by atomic mass is 16.5. The number of ether oxygens (including phenoxy) is 1. The number of rotatable bonds is 6. The molecule has 0 saturated carbocycles. The van der Waals surface area contributed by atoms with Crippen LogP contribution in [-0.2, 0) is 16.2 Å². The van der Waals surface area contributed by atoms with Crippen LogP contribution in [0.15, 0.2) is 84.2 Å². The molecule has 2 amide bonds. The fourth-order valence-electron chi connectivity index (χ4n) is 2.23. The summed E-state index contributed by atoms with van der Waals surface area (Å²) in [5.41, 5.74) is 4.40. The van der Waals surface area contributed by atoms with Crippen molar-refractivity contribution in [2.45, 2.75) is 6.61 Å². The van der Waals surface area contributed by atoms with E-state index in [0.717, 1.165) is 5.56 Å². The Morgan fingerprint density at radius 3 is 2.46 bits per heavy atom. The zero-order valence-electron chi connectivity index (χ0n) is 14.9. The van der Waals surface area contributed by atoms with Gasteiger partial charge in [0.2, 0.25) is 0 Å². The molecule has 2 N–H and O–H groups in total. The summed E-state index contributed by atoms with van der Waals surface area (Å²) < 4.78 is 5.68. The van der Waals surface area contributed by atoms with Crippen molar-refractivity contribution in [3.05, 3.63) is 90.3 Å². The molecule has 0 aliphatic carbocycles. The number of hydrogen-bond acceptors (Lipinski definition) is 5. The van der Waals surface area contributed by atoms with Gasteiger partial charge in [0.15, 0.2) is 0 Å². The lowest BCUT2D eigenvalue weighted by Gasteiger charge is -2.08. The molecule has 0 fully saturated rings.